The molecule has 0 unspecified atom stereocenters. The summed E-state index contributed by atoms with van der Waals surface area (Å²) in [5.74, 6) is -0.540. The number of tetrazole rings is 1. The number of halogens is 1. The topological polar surface area (TPSA) is 95.9 Å². The van der Waals surface area contributed by atoms with Gasteiger partial charge in [0.1, 0.15) is 30.7 Å². The average Bonchev–Trinajstić information content (AvgIpc) is 3.39. The van der Waals surface area contributed by atoms with Crippen LogP contribution in [0.3, 0.4) is 0 Å². The van der Waals surface area contributed by atoms with Crippen molar-refractivity contribution >= 4 is 5.97 Å². The molecule has 0 bridgehead atoms. The van der Waals surface area contributed by atoms with Crippen LogP contribution >= 0.6 is 0 Å². The number of carbonyl (C=O) groups excluding carboxylic acids is 1. The van der Waals surface area contributed by atoms with Gasteiger partial charge < -0.3 is 9.15 Å². The van der Waals surface area contributed by atoms with Crippen molar-refractivity contribution in [2.24, 2.45) is 0 Å². The first-order valence-electron chi connectivity index (χ1n) is 7.90. The molecule has 0 atom stereocenters. The van der Waals surface area contributed by atoms with E-state index in [4.69, 9.17) is 9.15 Å². The van der Waals surface area contributed by atoms with E-state index in [1.165, 1.54) is 29.4 Å². The third-order valence-electron chi connectivity index (χ3n) is 3.69. The highest BCUT2D eigenvalue weighted by Gasteiger charge is 2.12. The zero-order chi connectivity index (χ0) is 18.6. The summed E-state index contributed by atoms with van der Waals surface area (Å²) in [4.78, 5) is 16.5. The average molecular weight is 365 g/mol. The highest BCUT2D eigenvalue weighted by atomic mass is 19.1. The van der Waals surface area contributed by atoms with Crippen molar-refractivity contribution < 1.29 is 18.3 Å². The molecule has 0 N–H and O–H groups in total. The maximum absolute atomic E-state index is 13.0. The van der Waals surface area contributed by atoms with Crippen molar-refractivity contribution in [3.63, 3.8) is 0 Å². The molecular formula is C18H12FN5O3. The van der Waals surface area contributed by atoms with Crippen molar-refractivity contribution in [1.29, 1.82) is 0 Å². The van der Waals surface area contributed by atoms with Gasteiger partial charge in [0.2, 0.25) is 5.89 Å². The van der Waals surface area contributed by atoms with Crippen molar-refractivity contribution in [1.82, 2.24) is 25.2 Å². The van der Waals surface area contributed by atoms with Gasteiger partial charge in [-0.25, -0.2) is 18.9 Å². The molecule has 0 aliphatic heterocycles. The summed E-state index contributed by atoms with van der Waals surface area (Å²) in [7, 11) is 0. The molecule has 2 aromatic carbocycles. The van der Waals surface area contributed by atoms with Crippen molar-refractivity contribution in [2.45, 2.75) is 6.61 Å². The second kappa shape index (κ2) is 7.16. The fourth-order valence-corrected chi connectivity index (χ4v) is 2.38. The summed E-state index contributed by atoms with van der Waals surface area (Å²) < 4.78 is 25.0. The molecular weight excluding hydrogens is 353 g/mol. The minimum absolute atomic E-state index is 0.0569. The Morgan fingerprint density at radius 2 is 2.04 bits per heavy atom. The number of oxazole rings is 1. The van der Waals surface area contributed by atoms with Crippen LogP contribution in [-0.2, 0) is 11.3 Å². The summed E-state index contributed by atoms with van der Waals surface area (Å²) in [5.41, 5.74) is 2.06. The van der Waals surface area contributed by atoms with E-state index in [1.54, 1.807) is 36.4 Å². The first kappa shape index (κ1) is 16.6. The van der Waals surface area contributed by atoms with Gasteiger partial charge in [-0.1, -0.05) is 6.07 Å². The molecule has 8 nitrogen and oxygen atoms in total. The van der Waals surface area contributed by atoms with Crippen LogP contribution in [0.2, 0.25) is 0 Å². The lowest BCUT2D eigenvalue weighted by Gasteiger charge is -2.04. The number of carbonyl (C=O) groups is 1. The Hall–Kier alpha value is -3.88. The monoisotopic (exact) mass is 365 g/mol. The largest absolute Gasteiger partial charge is 0.455 e. The molecule has 4 rings (SSSR count). The quantitative estimate of drug-likeness (QED) is 0.502. The summed E-state index contributed by atoms with van der Waals surface area (Å²) in [5, 5.41) is 10.9. The molecule has 27 heavy (non-hydrogen) atoms. The Morgan fingerprint density at radius 3 is 2.81 bits per heavy atom. The van der Waals surface area contributed by atoms with Gasteiger partial charge in [0.15, 0.2) is 0 Å². The molecule has 0 spiro atoms. The lowest BCUT2D eigenvalue weighted by molar-refractivity contribution is 0.0467. The Bertz CT molecular complexity index is 1060. The molecule has 134 valence electrons. The minimum Gasteiger partial charge on any atom is -0.455 e. The second-order valence-corrected chi connectivity index (χ2v) is 5.53. The lowest BCUT2D eigenvalue weighted by atomic mass is 10.2. The van der Waals surface area contributed by atoms with Crippen molar-refractivity contribution in [2.75, 3.05) is 0 Å². The number of nitrogens with zero attached hydrogens (tertiary/aromatic N) is 5. The van der Waals surface area contributed by atoms with Crippen LogP contribution in [0.4, 0.5) is 4.39 Å². The van der Waals surface area contributed by atoms with E-state index >= 15 is 0 Å². The summed E-state index contributed by atoms with van der Waals surface area (Å²) in [6.45, 7) is -0.0569. The number of esters is 1. The van der Waals surface area contributed by atoms with Crippen molar-refractivity contribution in [3.8, 4) is 17.1 Å². The van der Waals surface area contributed by atoms with E-state index in [-0.39, 0.29) is 12.4 Å². The number of rotatable bonds is 5. The first-order chi connectivity index (χ1) is 13.2. The standard InChI is InChI=1S/C18H12FN5O3/c19-14-6-4-12(5-7-14)17-21-15(9-26-17)10-27-18(25)13-2-1-3-16(8-13)24-11-20-22-23-24/h1-9,11H,10H2. The molecule has 0 aliphatic rings. The zero-order valence-electron chi connectivity index (χ0n) is 13.8. The number of aromatic nitrogens is 5. The predicted molar refractivity (Wildman–Crippen MR) is 90.2 cm³/mol. The predicted octanol–water partition coefficient (Wildman–Crippen LogP) is 2.81. The van der Waals surface area contributed by atoms with Gasteiger partial charge in [-0.15, -0.1) is 5.10 Å². The molecule has 0 fully saturated rings. The molecule has 0 radical (unpaired) electrons. The maximum Gasteiger partial charge on any atom is 0.338 e. The van der Waals surface area contributed by atoms with E-state index in [1.807, 2.05) is 0 Å². The highest BCUT2D eigenvalue weighted by molar-refractivity contribution is 5.90. The summed E-state index contributed by atoms with van der Waals surface area (Å²) in [6, 6.07) is 12.5. The molecule has 2 aromatic heterocycles. The Balaban J connectivity index is 1.43. The van der Waals surface area contributed by atoms with E-state index in [0.29, 0.717) is 28.4 Å². The second-order valence-electron chi connectivity index (χ2n) is 5.53. The molecule has 2 heterocycles. The number of hydrogen-bond donors (Lipinski definition) is 0. The molecule has 0 saturated carbocycles. The van der Waals surface area contributed by atoms with Crippen LogP contribution in [0.25, 0.3) is 17.1 Å². The van der Waals surface area contributed by atoms with Gasteiger partial charge in [-0.05, 0) is 52.9 Å². The van der Waals surface area contributed by atoms with E-state index in [9.17, 15) is 9.18 Å². The van der Waals surface area contributed by atoms with Gasteiger partial charge in [-0.3, -0.25) is 0 Å². The Labute approximate surface area is 152 Å². The fourth-order valence-electron chi connectivity index (χ4n) is 2.38. The fraction of sp³-hybridized carbons (Fsp3) is 0.0556. The third kappa shape index (κ3) is 3.71. The maximum atomic E-state index is 13.0. The summed E-state index contributed by atoms with van der Waals surface area (Å²) in [6.07, 6.45) is 2.82. The normalized spacial score (nSPS) is 10.7. The van der Waals surface area contributed by atoms with Crippen LogP contribution in [0.1, 0.15) is 16.1 Å². The third-order valence-corrected chi connectivity index (χ3v) is 3.69. The summed E-state index contributed by atoms with van der Waals surface area (Å²) >= 11 is 0. The van der Waals surface area contributed by atoms with Crippen LogP contribution in [0.15, 0.2) is 65.5 Å². The molecule has 9 heteroatoms. The molecule has 0 saturated heterocycles. The van der Waals surface area contributed by atoms with Crippen LogP contribution in [-0.4, -0.2) is 31.2 Å². The smallest absolute Gasteiger partial charge is 0.338 e. The molecule has 0 aliphatic carbocycles. The van der Waals surface area contributed by atoms with Gasteiger partial charge in [0, 0.05) is 5.56 Å². The van der Waals surface area contributed by atoms with Gasteiger partial charge >= 0.3 is 5.97 Å². The van der Waals surface area contributed by atoms with E-state index in [2.05, 4.69) is 20.5 Å². The molecule has 0 amide bonds. The minimum atomic E-state index is -0.517. The van der Waals surface area contributed by atoms with Crippen LogP contribution in [0.5, 0.6) is 0 Å². The molecule has 4 aromatic rings. The zero-order valence-corrected chi connectivity index (χ0v) is 13.8. The number of ether oxygens (including phenoxy) is 1. The van der Waals surface area contributed by atoms with Crippen molar-refractivity contribution in [3.05, 3.63) is 78.2 Å². The SMILES string of the molecule is O=C(OCc1coc(-c2ccc(F)cc2)n1)c1cccc(-n2cnnn2)c1. The van der Waals surface area contributed by atoms with Gasteiger partial charge in [0.05, 0.1) is 11.3 Å². The van der Waals surface area contributed by atoms with Gasteiger partial charge in [-0.2, -0.15) is 0 Å². The van der Waals surface area contributed by atoms with Gasteiger partial charge in [0.25, 0.3) is 0 Å². The lowest BCUT2D eigenvalue weighted by Crippen LogP contribution is -2.06. The number of hydrogen-bond acceptors (Lipinski definition) is 7. The highest BCUT2D eigenvalue weighted by Crippen LogP contribution is 2.19. The Kier molecular flexibility index (Phi) is 4.40. The number of benzene rings is 2. The van der Waals surface area contributed by atoms with E-state index in [0.717, 1.165) is 0 Å². The Morgan fingerprint density at radius 1 is 1.19 bits per heavy atom. The van der Waals surface area contributed by atoms with Crippen LogP contribution < -0.4 is 0 Å². The van der Waals surface area contributed by atoms with Crippen LogP contribution in [0, 0.1) is 5.82 Å². The first-order valence-corrected chi connectivity index (χ1v) is 7.90. The van der Waals surface area contributed by atoms with E-state index < -0.39 is 5.97 Å².